The minimum Gasteiger partial charge on any atom is -0.497 e. The van der Waals surface area contributed by atoms with Crippen LogP contribution in [0.1, 0.15) is 28.8 Å². The molecule has 4 nitrogen and oxygen atoms in total. The number of hydrogen-bond acceptors (Lipinski definition) is 4. The van der Waals surface area contributed by atoms with Gasteiger partial charge in [0.2, 0.25) is 0 Å². The average Bonchev–Trinajstić information content (AvgIpc) is 3.30. The molecule has 1 aliphatic rings. The Morgan fingerprint density at radius 2 is 1.93 bits per heavy atom. The van der Waals surface area contributed by atoms with Gasteiger partial charge in [-0.25, -0.2) is 0 Å². The molecule has 0 spiro atoms. The first-order valence-electron chi connectivity index (χ1n) is 10.3. The van der Waals surface area contributed by atoms with Crippen LogP contribution in [0.4, 0.5) is 0 Å². The number of fused-ring (bicyclic) bond motifs is 1. The van der Waals surface area contributed by atoms with Crippen molar-refractivity contribution in [1.82, 2.24) is 4.90 Å². The predicted molar refractivity (Wildman–Crippen MR) is 122 cm³/mol. The number of ether oxygens (including phenoxy) is 2. The summed E-state index contributed by atoms with van der Waals surface area (Å²) in [6.07, 6.45) is 2.54. The molecule has 3 aromatic rings. The number of carbonyl (C=O) groups excluding carboxylic acids is 1. The Balaban J connectivity index is 1.46. The van der Waals surface area contributed by atoms with Crippen LogP contribution in [-0.2, 0) is 11.3 Å². The lowest BCUT2D eigenvalue weighted by molar-refractivity contribution is 0.0781. The molecule has 0 aliphatic carbocycles. The maximum absolute atomic E-state index is 13.2. The molecule has 1 fully saturated rings. The molecule has 0 saturated carbocycles. The third kappa shape index (κ3) is 4.79. The molecule has 1 atom stereocenters. The molecule has 5 heteroatoms. The van der Waals surface area contributed by atoms with Crippen molar-refractivity contribution in [3.05, 3.63) is 71.8 Å². The summed E-state index contributed by atoms with van der Waals surface area (Å²) in [6, 6.07) is 20.2. The van der Waals surface area contributed by atoms with E-state index in [0.717, 1.165) is 57.7 Å². The van der Waals surface area contributed by atoms with Gasteiger partial charge in [0.1, 0.15) is 5.75 Å². The number of benzene rings is 3. The van der Waals surface area contributed by atoms with Gasteiger partial charge in [0.15, 0.2) is 0 Å². The largest absolute Gasteiger partial charge is 0.497 e. The van der Waals surface area contributed by atoms with E-state index in [0.29, 0.717) is 12.6 Å². The molecule has 4 rings (SSSR count). The number of rotatable bonds is 7. The minimum absolute atomic E-state index is 0.0419. The molecule has 30 heavy (non-hydrogen) atoms. The third-order valence-corrected chi connectivity index (χ3v) is 6.65. The molecule has 0 aromatic heterocycles. The zero-order valence-electron chi connectivity index (χ0n) is 17.5. The molecule has 1 amide bonds. The molecule has 1 unspecified atom stereocenters. The molecule has 1 heterocycles. The van der Waals surface area contributed by atoms with E-state index in [2.05, 4.69) is 24.3 Å². The van der Waals surface area contributed by atoms with E-state index in [-0.39, 0.29) is 5.91 Å². The normalized spacial score (nSPS) is 16.0. The van der Waals surface area contributed by atoms with Gasteiger partial charge in [0, 0.05) is 30.8 Å². The number of hydrogen-bond donors (Lipinski definition) is 0. The fraction of sp³-hybridized carbons (Fsp3) is 0.320. The van der Waals surface area contributed by atoms with Gasteiger partial charge >= 0.3 is 0 Å². The van der Waals surface area contributed by atoms with Gasteiger partial charge in [-0.2, -0.15) is 0 Å². The smallest absolute Gasteiger partial charge is 0.255 e. The predicted octanol–water partition coefficient (Wildman–Crippen LogP) is 5.39. The number of carbonyl (C=O) groups is 1. The van der Waals surface area contributed by atoms with Gasteiger partial charge in [-0.3, -0.25) is 4.79 Å². The summed E-state index contributed by atoms with van der Waals surface area (Å²) in [4.78, 5) is 16.0. The maximum Gasteiger partial charge on any atom is 0.255 e. The van der Waals surface area contributed by atoms with E-state index in [1.165, 1.54) is 0 Å². The van der Waals surface area contributed by atoms with E-state index >= 15 is 0 Å². The third-order valence-electron chi connectivity index (χ3n) is 5.44. The average molecular weight is 422 g/mol. The number of thioether (sulfide) groups is 1. The first-order valence-corrected chi connectivity index (χ1v) is 11.3. The van der Waals surface area contributed by atoms with Gasteiger partial charge in [0.25, 0.3) is 5.91 Å². The number of nitrogens with zero attached hydrogens (tertiary/aromatic N) is 1. The van der Waals surface area contributed by atoms with E-state index in [9.17, 15) is 4.79 Å². The Bertz CT molecular complexity index is 1030. The lowest BCUT2D eigenvalue weighted by Crippen LogP contribution is -2.26. The molecule has 156 valence electrons. The standard InChI is InChI=1S/C25H27NO3S/c1-26(16-18-9-10-20-15-21(28-2)12-11-19(20)14-18)25(27)23-7-3-4-8-24(23)30-17-22-6-5-13-29-22/h3-4,7-12,14-15,22H,5-6,13,16-17H2,1-2H3. The molecule has 0 radical (unpaired) electrons. The highest BCUT2D eigenvalue weighted by atomic mass is 32.2. The summed E-state index contributed by atoms with van der Waals surface area (Å²) >= 11 is 1.72. The van der Waals surface area contributed by atoms with Gasteiger partial charge in [-0.1, -0.05) is 30.3 Å². The second kappa shape index (κ2) is 9.54. The van der Waals surface area contributed by atoms with E-state index in [4.69, 9.17) is 9.47 Å². The molecular weight excluding hydrogens is 394 g/mol. The second-order valence-corrected chi connectivity index (χ2v) is 8.71. The van der Waals surface area contributed by atoms with Crippen molar-refractivity contribution in [2.75, 3.05) is 26.5 Å². The second-order valence-electron chi connectivity index (χ2n) is 7.65. The summed E-state index contributed by atoms with van der Waals surface area (Å²) in [6.45, 7) is 1.42. The van der Waals surface area contributed by atoms with Gasteiger partial charge in [-0.05, 0) is 59.5 Å². The SMILES string of the molecule is COc1ccc2cc(CN(C)C(=O)c3ccccc3SCC3CCCO3)ccc2c1. The highest BCUT2D eigenvalue weighted by molar-refractivity contribution is 7.99. The molecule has 1 saturated heterocycles. The van der Waals surface area contributed by atoms with Crippen LogP contribution in [0.5, 0.6) is 5.75 Å². The fourth-order valence-electron chi connectivity index (χ4n) is 3.78. The minimum atomic E-state index is 0.0419. The summed E-state index contributed by atoms with van der Waals surface area (Å²) < 4.78 is 11.0. The van der Waals surface area contributed by atoms with Crippen molar-refractivity contribution >= 4 is 28.4 Å². The van der Waals surface area contributed by atoms with Crippen LogP contribution in [0.25, 0.3) is 10.8 Å². The topological polar surface area (TPSA) is 38.8 Å². The zero-order valence-corrected chi connectivity index (χ0v) is 18.3. The van der Waals surface area contributed by atoms with E-state index < -0.39 is 0 Å². The van der Waals surface area contributed by atoms with Crippen molar-refractivity contribution in [3.8, 4) is 5.75 Å². The Hall–Kier alpha value is -2.50. The number of amides is 1. The molecule has 0 N–H and O–H groups in total. The molecular formula is C25H27NO3S. The van der Waals surface area contributed by atoms with Crippen LogP contribution in [0.3, 0.4) is 0 Å². The Morgan fingerprint density at radius 3 is 2.73 bits per heavy atom. The Morgan fingerprint density at radius 1 is 1.13 bits per heavy atom. The quantitative estimate of drug-likeness (QED) is 0.479. The van der Waals surface area contributed by atoms with Crippen molar-refractivity contribution < 1.29 is 14.3 Å². The van der Waals surface area contributed by atoms with Crippen LogP contribution < -0.4 is 4.74 Å². The first kappa shape index (κ1) is 20.8. The zero-order chi connectivity index (χ0) is 20.9. The highest BCUT2D eigenvalue weighted by Crippen LogP contribution is 2.28. The lowest BCUT2D eigenvalue weighted by Gasteiger charge is -2.20. The Kier molecular flexibility index (Phi) is 6.60. The fourth-order valence-corrected chi connectivity index (χ4v) is 4.89. The van der Waals surface area contributed by atoms with Crippen molar-refractivity contribution in [3.63, 3.8) is 0 Å². The van der Waals surface area contributed by atoms with Gasteiger partial charge in [0.05, 0.1) is 18.8 Å². The van der Waals surface area contributed by atoms with Crippen molar-refractivity contribution in [1.29, 1.82) is 0 Å². The first-order chi connectivity index (χ1) is 14.6. The number of methoxy groups -OCH3 is 1. The Labute approximate surface area is 182 Å². The van der Waals surface area contributed by atoms with Gasteiger partial charge in [-0.15, -0.1) is 11.8 Å². The lowest BCUT2D eigenvalue weighted by atomic mass is 10.1. The summed E-state index contributed by atoms with van der Waals surface area (Å²) in [5.41, 5.74) is 1.86. The van der Waals surface area contributed by atoms with E-state index in [1.54, 1.807) is 23.8 Å². The van der Waals surface area contributed by atoms with Crippen LogP contribution in [0, 0.1) is 0 Å². The summed E-state index contributed by atoms with van der Waals surface area (Å²) in [5.74, 6) is 1.78. The van der Waals surface area contributed by atoms with Crippen LogP contribution in [-0.4, -0.2) is 43.4 Å². The van der Waals surface area contributed by atoms with Crippen molar-refractivity contribution in [2.45, 2.75) is 30.4 Å². The van der Waals surface area contributed by atoms with E-state index in [1.807, 2.05) is 43.4 Å². The van der Waals surface area contributed by atoms with Crippen LogP contribution in [0.15, 0.2) is 65.6 Å². The highest BCUT2D eigenvalue weighted by Gasteiger charge is 2.19. The monoisotopic (exact) mass is 421 g/mol. The molecule has 0 bridgehead atoms. The maximum atomic E-state index is 13.2. The summed E-state index contributed by atoms with van der Waals surface area (Å²) in [5, 5.41) is 2.27. The molecule has 1 aliphatic heterocycles. The van der Waals surface area contributed by atoms with Crippen LogP contribution >= 0.6 is 11.8 Å². The van der Waals surface area contributed by atoms with Crippen LogP contribution in [0.2, 0.25) is 0 Å². The summed E-state index contributed by atoms with van der Waals surface area (Å²) in [7, 11) is 3.54. The molecule has 3 aromatic carbocycles. The van der Waals surface area contributed by atoms with Gasteiger partial charge < -0.3 is 14.4 Å². The van der Waals surface area contributed by atoms with Crippen molar-refractivity contribution in [2.24, 2.45) is 0 Å².